The van der Waals surface area contributed by atoms with Gasteiger partial charge in [0.05, 0.1) is 16.1 Å². The average Bonchev–Trinajstić information content (AvgIpc) is 3.08. The van der Waals surface area contributed by atoms with E-state index < -0.39 is 0 Å². The van der Waals surface area contributed by atoms with Crippen LogP contribution in [-0.4, -0.2) is 25.0 Å². The minimum absolute atomic E-state index is 0.711. The van der Waals surface area contributed by atoms with Crippen LogP contribution in [0.4, 0.5) is 0 Å². The molecule has 0 aromatic carbocycles. The molecule has 92 valence electrons. The monoisotopic (exact) mass is 259 g/mol. The molecule has 3 rings (SSSR count). The molecule has 5 nitrogen and oxygen atoms in total. The summed E-state index contributed by atoms with van der Waals surface area (Å²) in [6.07, 6.45) is 2.83. The number of nitrogens with zero attached hydrogens (tertiary/aromatic N) is 4. The van der Waals surface area contributed by atoms with Gasteiger partial charge in [0, 0.05) is 13.2 Å². The molecule has 18 heavy (non-hydrogen) atoms. The number of aromatic nitrogens is 5. The zero-order chi connectivity index (χ0) is 12.5. The molecule has 0 saturated heterocycles. The fraction of sp³-hybridized carbons (Fsp3) is 0.250. The maximum Gasteiger partial charge on any atom is 0.184 e. The van der Waals surface area contributed by atoms with E-state index in [1.54, 1.807) is 16.0 Å². The maximum absolute atomic E-state index is 4.54. The predicted molar refractivity (Wildman–Crippen MR) is 71.3 cm³/mol. The topological polar surface area (TPSA) is 59.4 Å². The van der Waals surface area contributed by atoms with Crippen molar-refractivity contribution in [2.75, 3.05) is 0 Å². The second-order valence-corrected chi connectivity index (χ2v) is 4.95. The molecule has 6 heteroatoms. The van der Waals surface area contributed by atoms with Crippen molar-refractivity contribution in [3.8, 4) is 22.1 Å². The summed E-state index contributed by atoms with van der Waals surface area (Å²) >= 11 is 1.65. The van der Waals surface area contributed by atoms with Crippen LogP contribution in [0.25, 0.3) is 22.1 Å². The normalized spacial score (nSPS) is 11.0. The van der Waals surface area contributed by atoms with Crippen LogP contribution in [-0.2, 0) is 13.5 Å². The van der Waals surface area contributed by atoms with Gasteiger partial charge in [-0.05, 0) is 17.9 Å². The molecule has 1 N–H and O–H groups in total. The van der Waals surface area contributed by atoms with Crippen LogP contribution in [0.1, 0.15) is 12.6 Å². The van der Waals surface area contributed by atoms with E-state index in [1.807, 2.05) is 30.8 Å². The predicted octanol–water partition coefficient (Wildman–Crippen LogP) is 2.50. The Bertz CT molecular complexity index is 650. The number of hydrogen-bond acceptors (Lipinski definition) is 4. The highest BCUT2D eigenvalue weighted by atomic mass is 32.1. The Balaban J connectivity index is 2.02. The molecular formula is C12H13N5S. The summed E-state index contributed by atoms with van der Waals surface area (Å²) in [6, 6.07) is 4.03. The van der Waals surface area contributed by atoms with Gasteiger partial charge in [-0.2, -0.15) is 10.2 Å². The summed E-state index contributed by atoms with van der Waals surface area (Å²) < 4.78 is 1.80. The van der Waals surface area contributed by atoms with E-state index in [2.05, 4.69) is 27.2 Å². The molecule has 0 aliphatic rings. The van der Waals surface area contributed by atoms with E-state index in [9.17, 15) is 0 Å². The fourth-order valence-electron chi connectivity index (χ4n) is 1.89. The molecular weight excluding hydrogens is 246 g/mol. The lowest BCUT2D eigenvalue weighted by molar-refractivity contribution is 0.746. The van der Waals surface area contributed by atoms with Gasteiger partial charge in [-0.3, -0.25) is 9.78 Å². The van der Waals surface area contributed by atoms with Gasteiger partial charge in [-0.1, -0.05) is 13.0 Å². The molecule has 0 saturated carbocycles. The van der Waals surface area contributed by atoms with Crippen LogP contribution in [0.3, 0.4) is 0 Å². The Morgan fingerprint density at radius 1 is 1.44 bits per heavy atom. The SMILES string of the molecule is CCc1nn(C)cc1-c1n[nH]c(-c2cccs2)n1. The number of aryl methyl sites for hydroxylation is 2. The lowest BCUT2D eigenvalue weighted by atomic mass is 10.2. The second kappa shape index (κ2) is 4.38. The molecule has 0 radical (unpaired) electrons. The van der Waals surface area contributed by atoms with Crippen molar-refractivity contribution in [1.29, 1.82) is 0 Å². The van der Waals surface area contributed by atoms with Gasteiger partial charge in [0.15, 0.2) is 11.6 Å². The number of thiophene rings is 1. The summed E-state index contributed by atoms with van der Waals surface area (Å²) in [7, 11) is 1.91. The first-order valence-electron chi connectivity index (χ1n) is 5.77. The third-order valence-electron chi connectivity index (χ3n) is 2.72. The molecule has 0 unspecified atom stereocenters. The van der Waals surface area contributed by atoms with Crippen LogP contribution >= 0.6 is 11.3 Å². The van der Waals surface area contributed by atoms with E-state index >= 15 is 0 Å². The summed E-state index contributed by atoms with van der Waals surface area (Å²) in [5.41, 5.74) is 2.02. The van der Waals surface area contributed by atoms with Gasteiger partial charge in [0.25, 0.3) is 0 Å². The number of nitrogens with one attached hydrogen (secondary N) is 1. The van der Waals surface area contributed by atoms with Gasteiger partial charge in [-0.15, -0.1) is 11.3 Å². The Labute approximate surface area is 109 Å². The standard InChI is InChI=1S/C12H13N5S/c1-3-9-8(7-17(2)16-9)11-13-12(15-14-11)10-5-4-6-18-10/h4-7H,3H2,1-2H3,(H,13,14,15). The Morgan fingerprint density at radius 2 is 2.33 bits per heavy atom. The highest BCUT2D eigenvalue weighted by molar-refractivity contribution is 7.13. The van der Waals surface area contributed by atoms with Crippen LogP contribution in [0.15, 0.2) is 23.7 Å². The molecule has 3 aromatic heterocycles. The van der Waals surface area contributed by atoms with E-state index in [0.29, 0.717) is 5.82 Å². The highest BCUT2D eigenvalue weighted by Gasteiger charge is 2.14. The van der Waals surface area contributed by atoms with Crippen molar-refractivity contribution < 1.29 is 0 Å². The van der Waals surface area contributed by atoms with Crippen LogP contribution in [0.5, 0.6) is 0 Å². The molecule has 3 aromatic rings. The second-order valence-electron chi connectivity index (χ2n) is 4.00. The first-order chi connectivity index (χ1) is 8.78. The number of aromatic amines is 1. The molecule has 0 aliphatic heterocycles. The molecule has 0 bridgehead atoms. The van der Waals surface area contributed by atoms with Crippen molar-refractivity contribution >= 4 is 11.3 Å². The molecule has 0 atom stereocenters. The van der Waals surface area contributed by atoms with Crippen molar-refractivity contribution in [2.24, 2.45) is 7.05 Å². The molecule has 0 spiro atoms. The minimum Gasteiger partial charge on any atom is -0.275 e. The van der Waals surface area contributed by atoms with Crippen molar-refractivity contribution in [3.63, 3.8) is 0 Å². The average molecular weight is 259 g/mol. The molecule has 0 amide bonds. The van der Waals surface area contributed by atoms with Gasteiger partial charge >= 0.3 is 0 Å². The van der Waals surface area contributed by atoms with Crippen molar-refractivity contribution in [2.45, 2.75) is 13.3 Å². The maximum atomic E-state index is 4.54. The zero-order valence-electron chi connectivity index (χ0n) is 10.2. The van der Waals surface area contributed by atoms with Crippen LogP contribution < -0.4 is 0 Å². The summed E-state index contributed by atoms with van der Waals surface area (Å²) in [6.45, 7) is 2.08. The minimum atomic E-state index is 0.711. The van der Waals surface area contributed by atoms with Gasteiger partial charge < -0.3 is 0 Å². The van der Waals surface area contributed by atoms with E-state index in [4.69, 9.17) is 0 Å². The van der Waals surface area contributed by atoms with E-state index in [1.165, 1.54) is 0 Å². The van der Waals surface area contributed by atoms with Crippen LogP contribution in [0.2, 0.25) is 0 Å². The lowest BCUT2D eigenvalue weighted by Crippen LogP contribution is -1.89. The van der Waals surface area contributed by atoms with Gasteiger partial charge in [0.1, 0.15) is 0 Å². The Hall–Kier alpha value is -1.95. The van der Waals surface area contributed by atoms with E-state index in [0.717, 1.165) is 28.4 Å². The Kier molecular flexibility index (Phi) is 2.71. The lowest BCUT2D eigenvalue weighted by Gasteiger charge is -1.91. The number of rotatable bonds is 3. The zero-order valence-corrected chi connectivity index (χ0v) is 11.0. The van der Waals surface area contributed by atoms with Gasteiger partial charge in [0.2, 0.25) is 0 Å². The summed E-state index contributed by atoms with van der Waals surface area (Å²) in [5, 5.41) is 13.7. The largest absolute Gasteiger partial charge is 0.275 e. The first-order valence-corrected chi connectivity index (χ1v) is 6.65. The number of H-pyrrole nitrogens is 1. The fourth-order valence-corrected chi connectivity index (χ4v) is 2.55. The Morgan fingerprint density at radius 3 is 3.06 bits per heavy atom. The third-order valence-corrected chi connectivity index (χ3v) is 3.60. The van der Waals surface area contributed by atoms with E-state index in [-0.39, 0.29) is 0 Å². The molecule has 0 fully saturated rings. The third kappa shape index (κ3) is 1.84. The smallest absolute Gasteiger partial charge is 0.184 e. The highest BCUT2D eigenvalue weighted by Crippen LogP contribution is 2.25. The van der Waals surface area contributed by atoms with Crippen molar-refractivity contribution in [1.82, 2.24) is 25.0 Å². The summed E-state index contributed by atoms with van der Waals surface area (Å²) in [5.74, 6) is 1.52. The molecule has 3 heterocycles. The quantitative estimate of drug-likeness (QED) is 0.786. The van der Waals surface area contributed by atoms with Gasteiger partial charge in [-0.25, -0.2) is 4.98 Å². The molecule has 0 aliphatic carbocycles. The first kappa shape index (κ1) is 11.2. The summed E-state index contributed by atoms with van der Waals surface area (Å²) in [4.78, 5) is 5.63. The van der Waals surface area contributed by atoms with Crippen molar-refractivity contribution in [3.05, 3.63) is 29.4 Å². The van der Waals surface area contributed by atoms with Crippen LogP contribution in [0, 0.1) is 0 Å². The number of hydrogen-bond donors (Lipinski definition) is 1.